The van der Waals surface area contributed by atoms with Gasteiger partial charge in [-0.25, -0.2) is 0 Å². The van der Waals surface area contributed by atoms with Crippen LogP contribution in [0.3, 0.4) is 0 Å². The van der Waals surface area contributed by atoms with Crippen LogP contribution in [-0.4, -0.2) is 46.7 Å². The zero-order valence-electron chi connectivity index (χ0n) is 10.2. The molecule has 0 aliphatic carbocycles. The van der Waals surface area contributed by atoms with Gasteiger partial charge in [-0.05, 0) is 12.8 Å². The molecule has 0 bridgehead atoms. The standard InChI is InChI=1S/C10H21N3O3/c1-6(2)8(9(11)12-16)10(15)13(4)7(3)5-14/h6-8,14,16H,5H2,1-4H3,(H2,11,12). The van der Waals surface area contributed by atoms with E-state index in [9.17, 15) is 4.79 Å². The number of carbonyl (C=O) groups excluding carboxylic acids is 1. The van der Waals surface area contributed by atoms with Crippen LogP contribution in [0.4, 0.5) is 0 Å². The number of hydrogen-bond donors (Lipinski definition) is 3. The van der Waals surface area contributed by atoms with Crippen molar-refractivity contribution in [3.05, 3.63) is 0 Å². The lowest BCUT2D eigenvalue weighted by Gasteiger charge is -2.29. The smallest absolute Gasteiger partial charge is 0.233 e. The van der Waals surface area contributed by atoms with Gasteiger partial charge in [0.25, 0.3) is 0 Å². The molecule has 1 amide bonds. The highest BCUT2D eigenvalue weighted by Crippen LogP contribution is 2.15. The lowest BCUT2D eigenvalue weighted by molar-refractivity contribution is -0.135. The van der Waals surface area contributed by atoms with E-state index in [4.69, 9.17) is 16.0 Å². The fourth-order valence-electron chi connectivity index (χ4n) is 1.37. The number of amides is 1. The number of nitrogens with zero attached hydrogens (tertiary/aromatic N) is 2. The summed E-state index contributed by atoms with van der Waals surface area (Å²) in [6.45, 7) is 5.24. The molecule has 0 fully saturated rings. The van der Waals surface area contributed by atoms with Crippen LogP contribution in [0.15, 0.2) is 5.16 Å². The van der Waals surface area contributed by atoms with Crippen molar-refractivity contribution in [1.82, 2.24) is 4.90 Å². The van der Waals surface area contributed by atoms with E-state index in [1.165, 1.54) is 4.90 Å². The van der Waals surface area contributed by atoms with Crippen LogP contribution in [0.1, 0.15) is 20.8 Å². The Morgan fingerprint density at radius 2 is 1.94 bits per heavy atom. The molecule has 2 unspecified atom stereocenters. The number of carbonyl (C=O) groups is 1. The van der Waals surface area contributed by atoms with Gasteiger partial charge < -0.3 is 20.9 Å². The van der Waals surface area contributed by atoms with Crippen molar-refractivity contribution in [2.45, 2.75) is 26.8 Å². The number of rotatable bonds is 5. The van der Waals surface area contributed by atoms with Gasteiger partial charge in [0.05, 0.1) is 12.6 Å². The Kier molecular flexibility index (Phi) is 5.81. The van der Waals surface area contributed by atoms with E-state index in [0.717, 1.165) is 0 Å². The van der Waals surface area contributed by atoms with Crippen molar-refractivity contribution >= 4 is 11.7 Å². The third-order valence-corrected chi connectivity index (χ3v) is 2.64. The van der Waals surface area contributed by atoms with Crippen molar-refractivity contribution < 1.29 is 15.1 Å². The molecule has 6 heteroatoms. The molecule has 16 heavy (non-hydrogen) atoms. The second kappa shape index (κ2) is 6.32. The predicted octanol–water partition coefficient (Wildman–Crippen LogP) is -0.156. The number of aliphatic hydroxyl groups excluding tert-OH is 1. The van der Waals surface area contributed by atoms with E-state index in [2.05, 4.69) is 5.16 Å². The first-order valence-corrected chi connectivity index (χ1v) is 5.21. The van der Waals surface area contributed by atoms with E-state index >= 15 is 0 Å². The molecule has 0 aliphatic rings. The highest BCUT2D eigenvalue weighted by molar-refractivity contribution is 6.02. The third-order valence-electron chi connectivity index (χ3n) is 2.64. The lowest BCUT2D eigenvalue weighted by Crippen LogP contribution is -2.46. The van der Waals surface area contributed by atoms with Gasteiger partial charge in [-0.2, -0.15) is 0 Å². The van der Waals surface area contributed by atoms with Crippen molar-refractivity contribution in [3.63, 3.8) is 0 Å². The van der Waals surface area contributed by atoms with Crippen molar-refractivity contribution in [3.8, 4) is 0 Å². The summed E-state index contributed by atoms with van der Waals surface area (Å²) >= 11 is 0. The van der Waals surface area contributed by atoms with Crippen LogP contribution < -0.4 is 5.73 Å². The Bertz CT molecular complexity index is 266. The fraction of sp³-hybridized carbons (Fsp3) is 0.800. The Morgan fingerprint density at radius 1 is 1.44 bits per heavy atom. The third kappa shape index (κ3) is 3.37. The zero-order valence-corrected chi connectivity index (χ0v) is 10.2. The number of nitrogens with two attached hydrogens (primary N) is 1. The summed E-state index contributed by atoms with van der Waals surface area (Å²) in [5.41, 5.74) is 5.49. The van der Waals surface area contributed by atoms with Crippen LogP contribution in [-0.2, 0) is 4.79 Å². The number of amidine groups is 1. The topological polar surface area (TPSA) is 99.2 Å². The summed E-state index contributed by atoms with van der Waals surface area (Å²) < 4.78 is 0. The minimum atomic E-state index is -0.663. The van der Waals surface area contributed by atoms with E-state index in [0.29, 0.717) is 0 Å². The molecule has 94 valence electrons. The van der Waals surface area contributed by atoms with E-state index in [-0.39, 0.29) is 30.3 Å². The van der Waals surface area contributed by atoms with Gasteiger partial charge >= 0.3 is 0 Å². The van der Waals surface area contributed by atoms with E-state index in [1.807, 2.05) is 13.8 Å². The predicted molar refractivity (Wildman–Crippen MR) is 61.1 cm³/mol. The molecule has 0 aromatic heterocycles. The Balaban J connectivity index is 4.89. The maximum absolute atomic E-state index is 12.0. The van der Waals surface area contributed by atoms with E-state index in [1.54, 1.807) is 14.0 Å². The van der Waals surface area contributed by atoms with Gasteiger partial charge in [0.1, 0.15) is 5.92 Å². The molecule has 6 nitrogen and oxygen atoms in total. The van der Waals surface area contributed by atoms with Crippen LogP contribution in [0.25, 0.3) is 0 Å². The van der Waals surface area contributed by atoms with Gasteiger partial charge in [0.2, 0.25) is 5.91 Å². The first kappa shape index (κ1) is 14.7. The van der Waals surface area contributed by atoms with Crippen LogP contribution in [0, 0.1) is 11.8 Å². The van der Waals surface area contributed by atoms with Gasteiger partial charge in [0.15, 0.2) is 5.84 Å². The number of oxime groups is 1. The number of aliphatic hydroxyl groups is 1. The molecule has 0 heterocycles. The van der Waals surface area contributed by atoms with Crippen molar-refractivity contribution in [1.29, 1.82) is 0 Å². The number of likely N-dealkylation sites (N-methyl/N-ethyl adjacent to an activating group) is 1. The lowest BCUT2D eigenvalue weighted by atomic mass is 9.93. The summed E-state index contributed by atoms with van der Waals surface area (Å²) in [7, 11) is 1.59. The quantitative estimate of drug-likeness (QED) is 0.265. The molecular weight excluding hydrogens is 210 g/mol. The molecule has 4 N–H and O–H groups in total. The maximum Gasteiger partial charge on any atom is 0.233 e. The summed E-state index contributed by atoms with van der Waals surface area (Å²) in [6, 6.07) is -0.291. The average Bonchev–Trinajstić information content (AvgIpc) is 2.26. The van der Waals surface area contributed by atoms with Crippen LogP contribution in [0.5, 0.6) is 0 Å². The Morgan fingerprint density at radius 3 is 2.25 bits per heavy atom. The molecular formula is C10H21N3O3. The molecule has 0 saturated carbocycles. The molecule has 0 aromatic carbocycles. The summed E-state index contributed by atoms with van der Waals surface area (Å²) in [4.78, 5) is 13.4. The van der Waals surface area contributed by atoms with Crippen molar-refractivity contribution in [2.24, 2.45) is 22.7 Å². The van der Waals surface area contributed by atoms with Gasteiger partial charge in [-0.1, -0.05) is 19.0 Å². The SMILES string of the molecule is CC(C)C(C(=O)N(C)C(C)CO)C(N)=NO. The summed E-state index contributed by atoms with van der Waals surface area (Å²) in [5.74, 6) is -1.09. The number of hydrogen-bond acceptors (Lipinski definition) is 4. The second-order valence-electron chi connectivity index (χ2n) is 4.23. The highest BCUT2D eigenvalue weighted by Gasteiger charge is 2.30. The van der Waals surface area contributed by atoms with Crippen LogP contribution in [0.2, 0.25) is 0 Å². The first-order valence-electron chi connectivity index (χ1n) is 5.21. The summed E-state index contributed by atoms with van der Waals surface area (Å²) in [5, 5.41) is 20.5. The average molecular weight is 231 g/mol. The zero-order chi connectivity index (χ0) is 12.9. The molecule has 0 aromatic rings. The Labute approximate surface area is 95.7 Å². The first-order chi connectivity index (χ1) is 7.36. The summed E-state index contributed by atoms with van der Waals surface area (Å²) in [6.07, 6.45) is 0. The molecule has 0 saturated heterocycles. The monoisotopic (exact) mass is 231 g/mol. The molecule has 2 atom stereocenters. The Hall–Kier alpha value is -1.30. The molecule has 0 aliphatic heterocycles. The largest absolute Gasteiger partial charge is 0.409 e. The highest BCUT2D eigenvalue weighted by atomic mass is 16.4. The minimum absolute atomic E-state index is 0.0725. The van der Waals surface area contributed by atoms with E-state index < -0.39 is 5.92 Å². The normalized spacial score (nSPS) is 16.0. The minimum Gasteiger partial charge on any atom is -0.409 e. The van der Waals surface area contributed by atoms with Crippen molar-refractivity contribution in [2.75, 3.05) is 13.7 Å². The maximum atomic E-state index is 12.0. The van der Waals surface area contributed by atoms with Crippen LogP contribution >= 0.6 is 0 Å². The molecule has 0 spiro atoms. The molecule has 0 rings (SSSR count). The van der Waals surface area contributed by atoms with Gasteiger partial charge in [0, 0.05) is 7.05 Å². The van der Waals surface area contributed by atoms with Gasteiger partial charge in [-0.15, -0.1) is 0 Å². The van der Waals surface area contributed by atoms with Gasteiger partial charge in [-0.3, -0.25) is 4.79 Å². The molecule has 0 radical (unpaired) electrons. The second-order valence-corrected chi connectivity index (χ2v) is 4.23. The fourth-order valence-corrected chi connectivity index (χ4v) is 1.37.